The first kappa shape index (κ1) is 14.4. The van der Waals surface area contributed by atoms with E-state index in [9.17, 15) is 0 Å². The maximum atomic E-state index is 4.29. The van der Waals surface area contributed by atoms with Gasteiger partial charge >= 0.3 is 0 Å². The van der Waals surface area contributed by atoms with Crippen LogP contribution in [0.4, 0.5) is 0 Å². The van der Waals surface area contributed by atoms with Crippen molar-refractivity contribution in [2.24, 2.45) is 13.0 Å². The maximum Gasteiger partial charge on any atom is 0.188 e. The van der Waals surface area contributed by atoms with E-state index in [0.717, 1.165) is 31.4 Å². The van der Waals surface area contributed by atoms with Gasteiger partial charge < -0.3 is 5.32 Å². The highest BCUT2D eigenvalue weighted by molar-refractivity contribution is 4.86. The zero-order valence-electron chi connectivity index (χ0n) is 12.5. The highest BCUT2D eigenvalue weighted by Crippen LogP contribution is 2.15. The van der Waals surface area contributed by atoms with Gasteiger partial charge in [0.25, 0.3) is 0 Å². The number of rotatable bonds is 4. The minimum absolute atomic E-state index is 0.563. The number of aromatic nitrogens is 4. The van der Waals surface area contributed by atoms with E-state index in [1.807, 2.05) is 7.05 Å². The number of hydrogen-bond acceptors (Lipinski definition) is 5. The molecule has 1 aliphatic rings. The standard InChI is InChI=1S/C13H26N6/c1-10(2)7-12-8-19(11(3)5-6-14-12)9-13-15-17-18(4)16-13/h10-12,14H,5-9H2,1-4H3. The second kappa shape index (κ2) is 6.43. The predicted molar refractivity (Wildman–Crippen MR) is 74.5 cm³/mol. The first-order chi connectivity index (χ1) is 9.04. The monoisotopic (exact) mass is 266 g/mol. The molecule has 1 saturated heterocycles. The van der Waals surface area contributed by atoms with Crippen LogP contribution in [0.25, 0.3) is 0 Å². The second-order valence-electron chi connectivity index (χ2n) is 6.04. The number of nitrogens with one attached hydrogen (secondary N) is 1. The van der Waals surface area contributed by atoms with Crippen molar-refractivity contribution in [2.75, 3.05) is 13.1 Å². The zero-order valence-corrected chi connectivity index (χ0v) is 12.5. The fourth-order valence-corrected chi connectivity index (χ4v) is 2.72. The average Bonchev–Trinajstić information content (AvgIpc) is 2.64. The molecular formula is C13H26N6. The summed E-state index contributed by atoms with van der Waals surface area (Å²) >= 11 is 0. The summed E-state index contributed by atoms with van der Waals surface area (Å²) in [4.78, 5) is 4.01. The Kier molecular flexibility index (Phi) is 4.87. The van der Waals surface area contributed by atoms with Crippen LogP contribution in [0.3, 0.4) is 0 Å². The van der Waals surface area contributed by atoms with Gasteiger partial charge in [0.15, 0.2) is 5.82 Å². The molecule has 0 amide bonds. The third-order valence-corrected chi connectivity index (χ3v) is 3.72. The van der Waals surface area contributed by atoms with E-state index >= 15 is 0 Å². The SMILES string of the molecule is CC(C)CC1CN(Cc2nnn(C)n2)C(C)CCN1. The summed E-state index contributed by atoms with van der Waals surface area (Å²) in [6.45, 7) is 9.82. The molecule has 0 radical (unpaired) electrons. The zero-order chi connectivity index (χ0) is 13.8. The van der Waals surface area contributed by atoms with Gasteiger partial charge in [0.1, 0.15) is 0 Å². The van der Waals surface area contributed by atoms with Crippen LogP contribution in [0.1, 0.15) is 39.4 Å². The highest BCUT2D eigenvalue weighted by atomic mass is 15.6. The summed E-state index contributed by atoms with van der Waals surface area (Å²) in [5, 5.41) is 16.0. The molecule has 1 aromatic heterocycles. The van der Waals surface area contributed by atoms with Gasteiger partial charge in [-0.25, -0.2) is 0 Å². The fraction of sp³-hybridized carbons (Fsp3) is 0.923. The van der Waals surface area contributed by atoms with Crippen molar-refractivity contribution in [1.82, 2.24) is 30.4 Å². The third kappa shape index (κ3) is 4.24. The summed E-state index contributed by atoms with van der Waals surface area (Å²) in [5.41, 5.74) is 0. The molecule has 2 heterocycles. The van der Waals surface area contributed by atoms with E-state index < -0.39 is 0 Å². The van der Waals surface area contributed by atoms with Gasteiger partial charge in [-0.05, 0) is 37.4 Å². The van der Waals surface area contributed by atoms with Crippen LogP contribution in [0.15, 0.2) is 0 Å². The largest absolute Gasteiger partial charge is 0.313 e. The van der Waals surface area contributed by atoms with Crippen molar-refractivity contribution in [3.63, 3.8) is 0 Å². The summed E-state index contributed by atoms with van der Waals surface area (Å²) < 4.78 is 0. The average molecular weight is 266 g/mol. The van der Waals surface area contributed by atoms with Crippen LogP contribution in [0.5, 0.6) is 0 Å². The second-order valence-corrected chi connectivity index (χ2v) is 6.04. The Morgan fingerprint density at radius 3 is 2.84 bits per heavy atom. The molecule has 1 fully saturated rings. The molecule has 1 N–H and O–H groups in total. The van der Waals surface area contributed by atoms with Crippen molar-refractivity contribution in [3.05, 3.63) is 5.82 Å². The minimum Gasteiger partial charge on any atom is -0.313 e. The number of tetrazole rings is 1. The van der Waals surface area contributed by atoms with Gasteiger partial charge in [-0.3, -0.25) is 4.90 Å². The summed E-state index contributed by atoms with van der Waals surface area (Å²) in [7, 11) is 1.81. The van der Waals surface area contributed by atoms with Gasteiger partial charge in [-0.15, -0.1) is 10.2 Å². The molecule has 19 heavy (non-hydrogen) atoms. The van der Waals surface area contributed by atoms with E-state index in [0.29, 0.717) is 12.1 Å². The molecule has 6 heteroatoms. The van der Waals surface area contributed by atoms with Crippen molar-refractivity contribution in [1.29, 1.82) is 0 Å². The van der Waals surface area contributed by atoms with Gasteiger partial charge in [0.05, 0.1) is 13.6 Å². The van der Waals surface area contributed by atoms with Crippen LogP contribution in [0.2, 0.25) is 0 Å². The summed E-state index contributed by atoms with van der Waals surface area (Å²) in [6, 6.07) is 1.13. The maximum absolute atomic E-state index is 4.29. The molecule has 2 rings (SSSR count). The van der Waals surface area contributed by atoms with Crippen molar-refractivity contribution < 1.29 is 0 Å². The number of nitrogens with zero attached hydrogens (tertiary/aromatic N) is 5. The molecule has 2 unspecified atom stereocenters. The van der Waals surface area contributed by atoms with E-state index in [1.165, 1.54) is 17.6 Å². The Bertz CT molecular complexity index is 388. The van der Waals surface area contributed by atoms with Gasteiger partial charge in [-0.2, -0.15) is 4.80 Å². The summed E-state index contributed by atoms with van der Waals surface area (Å²) in [6.07, 6.45) is 2.39. The van der Waals surface area contributed by atoms with Gasteiger partial charge in [0, 0.05) is 18.6 Å². The lowest BCUT2D eigenvalue weighted by Crippen LogP contribution is -2.40. The Morgan fingerprint density at radius 2 is 2.21 bits per heavy atom. The first-order valence-corrected chi connectivity index (χ1v) is 7.25. The van der Waals surface area contributed by atoms with Crippen LogP contribution < -0.4 is 5.32 Å². The van der Waals surface area contributed by atoms with Crippen LogP contribution in [0, 0.1) is 5.92 Å². The molecular weight excluding hydrogens is 240 g/mol. The molecule has 0 aromatic carbocycles. The van der Waals surface area contributed by atoms with Crippen LogP contribution in [-0.2, 0) is 13.6 Å². The first-order valence-electron chi connectivity index (χ1n) is 7.25. The third-order valence-electron chi connectivity index (χ3n) is 3.72. The molecule has 2 atom stereocenters. The smallest absolute Gasteiger partial charge is 0.188 e. The quantitative estimate of drug-likeness (QED) is 0.874. The molecule has 0 bridgehead atoms. The van der Waals surface area contributed by atoms with Gasteiger partial charge in [0.2, 0.25) is 0 Å². The number of aryl methyl sites for hydroxylation is 1. The minimum atomic E-state index is 0.563. The van der Waals surface area contributed by atoms with E-state index in [-0.39, 0.29) is 0 Å². The van der Waals surface area contributed by atoms with E-state index in [4.69, 9.17) is 0 Å². The predicted octanol–water partition coefficient (Wildman–Crippen LogP) is 0.809. The lowest BCUT2D eigenvalue weighted by molar-refractivity contribution is 0.185. The Hall–Kier alpha value is -1.01. The molecule has 1 aromatic rings. The fourth-order valence-electron chi connectivity index (χ4n) is 2.72. The summed E-state index contributed by atoms with van der Waals surface area (Å²) in [5.74, 6) is 1.54. The van der Waals surface area contributed by atoms with E-state index in [1.54, 1.807) is 0 Å². The molecule has 6 nitrogen and oxygen atoms in total. The van der Waals surface area contributed by atoms with Gasteiger partial charge in [-0.1, -0.05) is 13.8 Å². The molecule has 108 valence electrons. The van der Waals surface area contributed by atoms with Crippen molar-refractivity contribution in [3.8, 4) is 0 Å². The molecule has 1 aliphatic heterocycles. The Morgan fingerprint density at radius 1 is 1.42 bits per heavy atom. The normalized spacial score (nSPS) is 25.7. The number of hydrogen-bond donors (Lipinski definition) is 1. The highest BCUT2D eigenvalue weighted by Gasteiger charge is 2.24. The Labute approximate surface area is 115 Å². The van der Waals surface area contributed by atoms with Crippen molar-refractivity contribution >= 4 is 0 Å². The molecule has 0 spiro atoms. The lowest BCUT2D eigenvalue weighted by atomic mass is 10.0. The van der Waals surface area contributed by atoms with Crippen molar-refractivity contribution in [2.45, 2.75) is 52.2 Å². The topological polar surface area (TPSA) is 58.9 Å². The lowest BCUT2D eigenvalue weighted by Gasteiger charge is -2.28. The van der Waals surface area contributed by atoms with E-state index in [2.05, 4.69) is 46.4 Å². The molecule has 0 saturated carbocycles. The Balaban J connectivity index is 1.98. The molecule has 0 aliphatic carbocycles. The van der Waals surface area contributed by atoms with Crippen LogP contribution in [-0.4, -0.2) is 50.3 Å². The van der Waals surface area contributed by atoms with Crippen LogP contribution >= 0.6 is 0 Å².